The Bertz CT molecular complexity index is 660. The summed E-state index contributed by atoms with van der Waals surface area (Å²) in [4.78, 5) is 0. The summed E-state index contributed by atoms with van der Waals surface area (Å²) < 4.78 is 12.3. The van der Waals surface area contributed by atoms with Crippen molar-refractivity contribution in [3.63, 3.8) is 0 Å². The van der Waals surface area contributed by atoms with Crippen LogP contribution in [0.1, 0.15) is 89.7 Å². The maximum atomic E-state index is 6.45. The number of benzene rings is 1. The van der Waals surface area contributed by atoms with Gasteiger partial charge in [-0.1, -0.05) is 88.4 Å². The van der Waals surface area contributed by atoms with E-state index in [4.69, 9.17) is 9.47 Å². The predicted octanol–water partition coefficient (Wildman–Crippen LogP) is 7.88. The zero-order valence-corrected chi connectivity index (χ0v) is 20.5. The van der Waals surface area contributed by atoms with Crippen molar-refractivity contribution in [1.82, 2.24) is 0 Å². The topological polar surface area (TPSA) is 18.5 Å². The molecule has 0 bridgehead atoms. The van der Waals surface area contributed by atoms with Crippen LogP contribution in [0, 0.1) is 30.6 Å². The van der Waals surface area contributed by atoms with Crippen molar-refractivity contribution in [1.29, 1.82) is 0 Å². The average molecular weight is 427 g/mol. The molecule has 1 saturated carbocycles. The summed E-state index contributed by atoms with van der Waals surface area (Å²) >= 11 is 0. The van der Waals surface area contributed by atoms with Crippen LogP contribution in [0.15, 0.2) is 36.4 Å². The van der Waals surface area contributed by atoms with Gasteiger partial charge in [0, 0.05) is 6.61 Å². The third-order valence-electron chi connectivity index (χ3n) is 7.61. The smallest absolute Gasteiger partial charge is 0.158 e. The van der Waals surface area contributed by atoms with Crippen LogP contribution in [0.4, 0.5) is 0 Å². The van der Waals surface area contributed by atoms with E-state index < -0.39 is 0 Å². The zero-order valence-electron chi connectivity index (χ0n) is 20.5. The number of allylic oxidation sites excluding steroid dienone is 1. The molecule has 2 nitrogen and oxygen atoms in total. The highest BCUT2D eigenvalue weighted by Crippen LogP contribution is 2.45. The highest BCUT2D eigenvalue weighted by atomic mass is 16.7. The van der Waals surface area contributed by atoms with Crippen molar-refractivity contribution in [3.05, 3.63) is 47.5 Å². The molecule has 0 amide bonds. The van der Waals surface area contributed by atoms with Gasteiger partial charge in [-0.05, 0) is 74.7 Å². The lowest BCUT2D eigenvalue weighted by Crippen LogP contribution is -2.27. The van der Waals surface area contributed by atoms with Gasteiger partial charge in [-0.2, -0.15) is 0 Å². The van der Waals surface area contributed by atoms with E-state index in [0.717, 1.165) is 37.2 Å². The van der Waals surface area contributed by atoms with E-state index >= 15 is 0 Å². The minimum atomic E-state index is -0.00231. The fourth-order valence-electron chi connectivity index (χ4n) is 5.83. The van der Waals surface area contributed by atoms with Gasteiger partial charge in [0.25, 0.3) is 0 Å². The standard InChI is InChI=1S/C29H46O2/c1-5-7-8-14-26(31-29-15-9-10-18-30-29)16-17-27-23(4)20-25(6-2)28(27)21-24-13-11-12-22(3)19-24/h11-13,16-17,19,23,25-29H,5-10,14-15,18,20-21H2,1-4H3/b17-16+/t23-,25+,26+,27+,28+,29?/m1/s1. The largest absolute Gasteiger partial charge is 0.353 e. The molecule has 0 spiro atoms. The third kappa shape index (κ3) is 7.46. The van der Waals surface area contributed by atoms with E-state index in [1.54, 1.807) is 0 Å². The summed E-state index contributed by atoms with van der Waals surface area (Å²) in [5.41, 5.74) is 2.88. The molecule has 1 heterocycles. The molecule has 2 aliphatic rings. The van der Waals surface area contributed by atoms with Crippen molar-refractivity contribution in [3.8, 4) is 0 Å². The fraction of sp³-hybridized carbons (Fsp3) is 0.724. The van der Waals surface area contributed by atoms with E-state index in [0.29, 0.717) is 5.92 Å². The van der Waals surface area contributed by atoms with Crippen LogP contribution >= 0.6 is 0 Å². The first-order chi connectivity index (χ1) is 15.1. The van der Waals surface area contributed by atoms with E-state index in [1.165, 1.54) is 62.5 Å². The molecule has 1 saturated heterocycles. The molecule has 31 heavy (non-hydrogen) atoms. The van der Waals surface area contributed by atoms with Crippen molar-refractivity contribution in [2.45, 2.75) is 104 Å². The molecular formula is C29H46O2. The molecule has 174 valence electrons. The molecular weight excluding hydrogens is 380 g/mol. The second kappa shape index (κ2) is 12.8. The predicted molar refractivity (Wildman–Crippen MR) is 131 cm³/mol. The highest BCUT2D eigenvalue weighted by molar-refractivity contribution is 5.23. The lowest BCUT2D eigenvalue weighted by Gasteiger charge is -2.28. The maximum Gasteiger partial charge on any atom is 0.158 e. The van der Waals surface area contributed by atoms with Gasteiger partial charge >= 0.3 is 0 Å². The number of hydrogen-bond donors (Lipinski definition) is 0. The van der Waals surface area contributed by atoms with Crippen LogP contribution in [0.3, 0.4) is 0 Å². The summed E-state index contributed by atoms with van der Waals surface area (Å²) in [5.74, 6) is 2.96. The quantitative estimate of drug-likeness (QED) is 0.264. The molecule has 1 aliphatic heterocycles. The molecule has 2 heteroatoms. The van der Waals surface area contributed by atoms with Crippen molar-refractivity contribution in [2.75, 3.05) is 6.61 Å². The number of unbranched alkanes of at least 4 members (excludes halogenated alkanes) is 2. The van der Waals surface area contributed by atoms with Crippen molar-refractivity contribution < 1.29 is 9.47 Å². The number of hydrogen-bond acceptors (Lipinski definition) is 2. The Morgan fingerprint density at radius 2 is 2.06 bits per heavy atom. The van der Waals surface area contributed by atoms with Crippen molar-refractivity contribution in [2.24, 2.45) is 23.7 Å². The molecule has 1 aliphatic carbocycles. The number of rotatable bonds is 11. The van der Waals surface area contributed by atoms with Crippen LogP contribution in [0.5, 0.6) is 0 Å². The van der Waals surface area contributed by atoms with Gasteiger partial charge in [0.15, 0.2) is 6.29 Å². The van der Waals surface area contributed by atoms with Gasteiger partial charge < -0.3 is 9.47 Å². The van der Waals surface area contributed by atoms with Crippen LogP contribution in [0.25, 0.3) is 0 Å². The first-order valence-corrected chi connectivity index (χ1v) is 13.1. The van der Waals surface area contributed by atoms with Gasteiger partial charge in [0.05, 0.1) is 6.10 Å². The Morgan fingerprint density at radius 3 is 2.77 bits per heavy atom. The molecule has 1 aromatic rings. The molecule has 0 radical (unpaired) electrons. The van der Waals surface area contributed by atoms with Gasteiger partial charge in [-0.3, -0.25) is 0 Å². The Balaban J connectivity index is 1.70. The Labute approximate surface area is 191 Å². The molecule has 6 atom stereocenters. The van der Waals surface area contributed by atoms with Crippen LogP contribution in [-0.4, -0.2) is 19.0 Å². The molecule has 3 rings (SSSR count). The maximum absolute atomic E-state index is 6.45. The summed E-state index contributed by atoms with van der Waals surface area (Å²) in [6.07, 6.45) is 17.3. The van der Waals surface area contributed by atoms with E-state index in [1.807, 2.05) is 0 Å². The Hall–Kier alpha value is -1.12. The second-order valence-electron chi connectivity index (χ2n) is 10.2. The molecule has 0 aromatic heterocycles. The van der Waals surface area contributed by atoms with Gasteiger partial charge in [-0.15, -0.1) is 0 Å². The highest BCUT2D eigenvalue weighted by Gasteiger charge is 2.38. The first-order valence-electron chi connectivity index (χ1n) is 13.1. The summed E-state index contributed by atoms with van der Waals surface area (Å²) in [5, 5.41) is 0. The fourth-order valence-corrected chi connectivity index (χ4v) is 5.83. The lowest BCUT2D eigenvalue weighted by atomic mass is 9.81. The first kappa shape index (κ1) is 24.5. The minimum absolute atomic E-state index is 0.00231. The van der Waals surface area contributed by atoms with Crippen molar-refractivity contribution >= 4 is 0 Å². The van der Waals surface area contributed by atoms with Crippen LogP contribution < -0.4 is 0 Å². The van der Waals surface area contributed by atoms with E-state index in [2.05, 4.69) is 64.1 Å². The lowest BCUT2D eigenvalue weighted by molar-refractivity contribution is -0.179. The van der Waals surface area contributed by atoms with Gasteiger partial charge in [0.2, 0.25) is 0 Å². The zero-order chi connectivity index (χ0) is 22.1. The van der Waals surface area contributed by atoms with E-state index in [9.17, 15) is 0 Å². The monoisotopic (exact) mass is 426 g/mol. The van der Waals surface area contributed by atoms with Gasteiger partial charge in [0.1, 0.15) is 0 Å². The number of aryl methyl sites for hydroxylation is 1. The third-order valence-corrected chi connectivity index (χ3v) is 7.61. The molecule has 2 fully saturated rings. The SMILES string of the molecule is CCCCC[C@@H](/C=C/[C@@H]1[C@@H](Cc2cccc(C)c2)[C@@H](CC)C[C@H]1C)OC1CCCCO1. The molecule has 1 aromatic carbocycles. The Morgan fingerprint density at radius 1 is 1.19 bits per heavy atom. The van der Waals surface area contributed by atoms with E-state index in [-0.39, 0.29) is 12.4 Å². The second-order valence-corrected chi connectivity index (χ2v) is 10.2. The molecule has 0 N–H and O–H groups in total. The summed E-state index contributed by atoms with van der Waals surface area (Å²) in [6.45, 7) is 10.2. The van der Waals surface area contributed by atoms with Crippen LogP contribution in [0.2, 0.25) is 0 Å². The van der Waals surface area contributed by atoms with Gasteiger partial charge in [-0.25, -0.2) is 0 Å². The minimum Gasteiger partial charge on any atom is -0.353 e. The van der Waals surface area contributed by atoms with Crippen LogP contribution in [-0.2, 0) is 15.9 Å². The Kier molecular flexibility index (Phi) is 10.1. The summed E-state index contributed by atoms with van der Waals surface area (Å²) in [6, 6.07) is 9.13. The summed E-state index contributed by atoms with van der Waals surface area (Å²) in [7, 11) is 0. The molecule has 1 unspecified atom stereocenters. The normalized spacial score (nSPS) is 30.1. The average Bonchev–Trinajstić information content (AvgIpc) is 3.07. The number of ether oxygens (including phenoxy) is 2.